The van der Waals surface area contributed by atoms with Crippen LogP contribution in [-0.2, 0) is 0 Å². The number of hydrogen-bond donors (Lipinski definition) is 0. The quantitative estimate of drug-likeness (QED) is 0.561. The first kappa shape index (κ1) is 18.6. The third-order valence-corrected chi connectivity index (χ3v) is 3.94. The second kappa shape index (κ2) is 7.41. The molecule has 126 valence electrons. The smallest absolute Gasteiger partial charge is 0.298 e. The molecule has 0 radical (unpaired) electrons. The van der Waals surface area contributed by atoms with E-state index in [1.54, 1.807) is 25.1 Å². The molecule has 2 aromatic rings. The average Bonchev–Trinajstić information content (AvgIpc) is 2.45. The number of alkyl halides is 3. The predicted molar refractivity (Wildman–Crippen MR) is 90.9 cm³/mol. The molecule has 24 heavy (non-hydrogen) atoms. The number of carbonyl (C=O) groups excluding carboxylic acids is 1. The van der Waals surface area contributed by atoms with Crippen LogP contribution in [0.25, 0.3) is 6.08 Å². The van der Waals surface area contributed by atoms with Crippen LogP contribution in [0.3, 0.4) is 0 Å². The number of aldehydes is 1. The minimum atomic E-state index is -4.48. The molecule has 0 N–H and O–H groups in total. The molecular weight excluding hydrogens is 360 g/mol. The van der Waals surface area contributed by atoms with Crippen LogP contribution >= 0.6 is 23.2 Å². The summed E-state index contributed by atoms with van der Waals surface area (Å²) in [5.41, 5.74) is 1.74. The van der Waals surface area contributed by atoms with Gasteiger partial charge in [-0.1, -0.05) is 53.6 Å². The van der Waals surface area contributed by atoms with Gasteiger partial charge in [-0.3, -0.25) is 4.79 Å². The molecule has 0 aliphatic heterocycles. The van der Waals surface area contributed by atoms with Crippen LogP contribution in [0.5, 0.6) is 0 Å². The van der Waals surface area contributed by atoms with E-state index in [0.29, 0.717) is 23.0 Å². The summed E-state index contributed by atoms with van der Waals surface area (Å²) in [6, 6.07) is 8.68. The average molecular weight is 373 g/mol. The standard InChI is InChI=1S/C18H13Cl2F3O/c1-11-6-12(2-4-13(11)10-24)3-5-17(18(21,22)23)14-7-15(19)9-16(20)8-14/h2-10,17H,1H3/b5-3+. The topological polar surface area (TPSA) is 17.1 Å². The van der Waals surface area contributed by atoms with E-state index < -0.39 is 12.1 Å². The summed E-state index contributed by atoms with van der Waals surface area (Å²) in [6.45, 7) is 1.72. The number of benzene rings is 2. The first-order chi connectivity index (χ1) is 11.2. The van der Waals surface area contributed by atoms with E-state index in [2.05, 4.69) is 0 Å². The Labute approximate surface area is 147 Å². The second-order valence-corrected chi connectivity index (χ2v) is 6.19. The van der Waals surface area contributed by atoms with Crippen molar-refractivity contribution in [1.29, 1.82) is 0 Å². The maximum Gasteiger partial charge on any atom is 0.399 e. The Bertz CT molecular complexity index is 762. The molecule has 2 aromatic carbocycles. The van der Waals surface area contributed by atoms with Gasteiger partial charge in [0.05, 0.1) is 5.92 Å². The van der Waals surface area contributed by atoms with Gasteiger partial charge in [-0.2, -0.15) is 13.2 Å². The van der Waals surface area contributed by atoms with Crippen LogP contribution in [0.1, 0.15) is 33.0 Å². The first-order valence-corrected chi connectivity index (χ1v) is 7.73. The van der Waals surface area contributed by atoms with Gasteiger partial charge < -0.3 is 0 Å². The third-order valence-electron chi connectivity index (χ3n) is 3.50. The van der Waals surface area contributed by atoms with Crippen molar-refractivity contribution >= 4 is 35.6 Å². The molecule has 1 unspecified atom stereocenters. The largest absolute Gasteiger partial charge is 0.399 e. The predicted octanol–water partition coefficient (Wildman–Crippen LogP) is 6.47. The zero-order valence-corrected chi connectivity index (χ0v) is 14.1. The molecule has 0 spiro atoms. The lowest BCUT2D eigenvalue weighted by Crippen LogP contribution is -2.18. The summed E-state index contributed by atoms with van der Waals surface area (Å²) in [6.07, 6.45) is -1.36. The summed E-state index contributed by atoms with van der Waals surface area (Å²) in [4.78, 5) is 10.8. The lowest BCUT2D eigenvalue weighted by Gasteiger charge is -2.18. The molecule has 0 aliphatic carbocycles. The molecule has 0 saturated heterocycles. The fourth-order valence-corrected chi connectivity index (χ4v) is 2.85. The molecule has 2 rings (SSSR count). The summed E-state index contributed by atoms with van der Waals surface area (Å²) in [5, 5.41) is 0.290. The van der Waals surface area contributed by atoms with Crippen LogP contribution in [0.15, 0.2) is 42.5 Å². The maximum atomic E-state index is 13.4. The van der Waals surface area contributed by atoms with Gasteiger partial charge in [-0.05, 0) is 41.8 Å². The Balaban J connectivity index is 2.39. The van der Waals surface area contributed by atoms with Crippen LogP contribution in [0.2, 0.25) is 10.0 Å². The summed E-state index contributed by atoms with van der Waals surface area (Å²) < 4.78 is 40.2. The van der Waals surface area contributed by atoms with Crippen molar-refractivity contribution in [2.75, 3.05) is 0 Å². The Morgan fingerprint density at radius 1 is 1.04 bits per heavy atom. The number of allylic oxidation sites excluding steroid dienone is 1. The summed E-state index contributed by atoms with van der Waals surface area (Å²) in [7, 11) is 0. The van der Waals surface area contributed by atoms with Crippen molar-refractivity contribution in [1.82, 2.24) is 0 Å². The number of hydrogen-bond acceptors (Lipinski definition) is 1. The molecule has 1 atom stereocenters. The van der Waals surface area contributed by atoms with E-state index in [1.807, 2.05) is 0 Å². The van der Waals surface area contributed by atoms with E-state index in [-0.39, 0.29) is 15.6 Å². The number of rotatable bonds is 4. The van der Waals surface area contributed by atoms with Gasteiger partial charge in [-0.15, -0.1) is 0 Å². The van der Waals surface area contributed by atoms with Crippen molar-refractivity contribution in [3.8, 4) is 0 Å². The fourth-order valence-electron chi connectivity index (χ4n) is 2.31. The minimum absolute atomic E-state index is 0.0301. The van der Waals surface area contributed by atoms with Gasteiger partial charge >= 0.3 is 6.18 Å². The number of carbonyl (C=O) groups is 1. The monoisotopic (exact) mass is 372 g/mol. The Hall–Kier alpha value is -1.78. The van der Waals surface area contributed by atoms with E-state index in [1.165, 1.54) is 24.3 Å². The lowest BCUT2D eigenvalue weighted by atomic mass is 9.96. The van der Waals surface area contributed by atoms with E-state index in [0.717, 1.165) is 6.08 Å². The molecule has 0 amide bonds. The van der Waals surface area contributed by atoms with Gasteiger partial charge in [-0.25, -0.2) is 0 Å². The van der Waals surface area contributed by atoms with Gasteiger partial charge in [0.25, 0.3) is 0 Å². The molecule has 0 saturated carbocycles. The Kier molecular flexibility index (Phi) is 5.73. The van der Waals surface area contributed by atoms with Crippen molar-refractivity contribution in [2.45, 2.75) is 19.0 Å². The van der Waals surface area contributed by atoms with E-state index in [9.17, 15) is 18.0 Å². The van der Waals surface area contributed by atoms with Gasteiger partial charge in [0.2, 0.25) is 0 Å². The normalized spacial score (nSPS) is 13.2. The van der Waals surface area contributed by atoms with E-state index in [4.69, 9.17) is 23.2 Å². The van der Waals surface area contributed by atoms with Crippen LogP contribution < -0.4 is 0 Å². The molecule has 6 heteroatoms. The molecule has 0 heterocycles. The Morgan fingerprint density at radius 3 is 2.17 bits per heavy atom. The highest BCUT2D eigenvalue weighted by atomic mass is 35.5. The van der Waals surface area contributed by atoms with Gasteiger partial charge in [0.15, 0.2) is 0 Å². The molecule has 1 nitrogen and oxygen atoms in total. The molecular formula is C18H13Cl2F3O. The maximum absolute atomic E-state index is 13.4. The number of aryl methyl sites for hydroxylation is 1. The zero-order valence-electron chi connectivity index (χ0n) is 12.6. The van der Waals surface area contributed by atoms with Crippen molar-refractivity contribution in [3.05, 3.63) is 74.8 Å². The van der Waals surface area contributed by atoms with Crippen molar-refractivity contribution in [2.24, 2.45) is 0 Å². The third kappa shape index (κ3) is 4.62. The summed E-state index contributed by atoms with van der Waals surface area (Å²) >= 11 is 11.6. The first-order valence-electron chi connectivity index (χ1n) is 6.97. The molecule has 0 aromatic heterocycles. The summed E-state index contributed by atoms with van der Waals surface area (Å²) in [5.74, 6) is -1.83. The zero-order chi connectivity index (χ0) is 17.9. The second-order valence-electron chi connectivity index (χ2n) is 5.32. The van der Waals surface area contributed by atoms with Crippen LogP contribution in [0, 0.1) is 6.92 Å². The van der Waals surface area contributed by atoms with E-state index >= 15 is 0 Å². The van der Waals surface area contributed by atoms with Crippen LogP contribution in [-0.4, -0.2) is 12.5 Å². The molecule has 0 fully saturated rings. The minimum Gasteiger partial charge on any atom is -0.298 e. The van der Waals surface area contributed by atoms with Crippen molar-refractivity contribution < 1.29 is 18.0 Å². The highest BCUT2D eigenvalue weighted by Gasteiger charge is 2.39. The Morgan fingerprint density at radius 2 is 1.67 bits per heavy atom. The SMILES string of the molecule is Cc1cc(/C=C/C(c2cc(Cl)cc(Cl)c2)C(F)(F)F)ccc1C=O. The fraction of sp³-hybridized carbons (Fsp3) is 0.167. The van der Waals surface area contributed by atoms with Gasteiger partial charge in [0, 0.05) is 15.6 Å². The van der Waals surface area contributed by atoms with Crippen molar-refractivity contribution in [3.63, 3.8) is 0 Å². The van der Waals surface area contributed by atoms with Crippen LogP contribution in [0.4, 0.5) is 13.2 Å². The lowest BCUT2D eigenvalue weighted by molar-refractivity contribution is -0.139. The number of halogens is 5. The highest BCUT2D eigenvalue weighted by Crippen LogP contribution is 2.38. The highest BCUT2D eigenvalue weighted by molar-refractivity contribution is 6.34. The molecule has 0 aliphatic rings. The van der Waals surface area contributed by atoms with Gasteiger partial charge in [0.1, 0.15) is 6.29 Å². The molecule has 0 bridgehead atoms.